The Balaban J connectivity index is 1.43. The standard InChI is InChI=1S/C25H16F8N6O2/c26-16-2-1-3-18(21(16)27)39-7-6-19-23(36-39)35-11-38(19)10-14(22(34)40)20-9-17(37-41-20)13-5-4-12(24(28,29)30)8-15(13)25(31,32)33/h1-9,11,14,36H,10H2,(H2,34,40). The fourth-order valence-electron chi connectivity index (χ4n) is 4.19. The molecule has 8 nitrogen and oxygen atoms in total. The normalized spacial score (nSPS) is 14.1. The summed E-state index contributed by atoms with van der Waals surface area (Å²) < 4.78 is 114. The first-order chi connectivity index (χ1) is 19.2. The highest BCUT2D eigenvalue weighted by atomic mass is 19.4. The molecular formula is C25H16F8N6O2. The van der Waals surface area contributed by atoms with Crippen LogP contribution in [0.5, 0.6) is 0 Å². The first-order valence-electron chi connectivity index (χ1n) is 11.5. The van der Waals surface area contributed by atoms with Crippen molar-refractivity contribution in [1.29, 1.82) is 0 Å². The van der Waals surface area contributed by atoms with Crippen LogP contribution in [-0.4, -0.2) is 20.6 Å². The molecule has 0 saturated carbocycles. The van der Waals surface area contributed by atoms with E-state index in [1.54, 1.807) is 0 Å². The van der Waals surface area contributed by atoms with E-state index in [0.29, 0.717) is 17.8 Å². The van der Waals surface area contributed by atoms with Crippen LogP contribution in [0, 0.1) is 11.6 Å². The summed E-state index contributed by atoms with van der Waals surface area (Å²) in [6.07, 6.45) is -6.03. The number of aromatic nitrogens is 3. The molecule has 0 saturated heterocycles. The van der Waals surface area contributed by atoms with E-state index in [4.69, 9.17) is 10.3 Å². The van der Waals surface area contributed by atoms with E-state index < -0.39 is 58.2 Å². The Bertz CT molecular complexity index is 1660. The van der Waals surface area contributed by atoms with Crippen molar-refractivity contribution in [3.05, 3.63) is 89.2 Å². The summed E-state index contributed by atoms with van der Waals surface area (Å²) in [5.74, 6) is -4.47. The lowest BCUT2D eigenvalue weighted by Gasteiger charge is -2.25. The zero-order valence-corrected chi connectivity index (χ0v) is 20.3. The molecule has 0 aliphatic carbocycles. The average Bonchev–Trinajstić information content (AvgIpc) is 3.54. The highest BCUT2D eigenvalue weighted by Crippen LogP contribution is 2.41. The van der Waals surface area contributed by atoms with Crippen molar-refractivity contribution >= 4 is 23.5 Å². The summed E-state index contributed by atoms with van der Waals surface area (Å²) in [6.45, 7) is -0.230. The first-order valence-corrected chi connectivity index (χ1v) is 11.5. The van der Waals surface area contributed by atoms with Gasteiger partial charge < -0.3 is 14.8 Å². The number of nitrogens with zero attached hydrogens (tertiary/aromatic N) is 4. The number of fused-ring (bicyclic) bond motifs is 1. The Morgan fingerprint density at radius 1 is 1.05 bits per heavy atom. The topological polar surface area (TPSA) is 102 Å². The van der Waals surface area contributed by atoms with Crippen LogP contribution < -0.4 is 16.2 Å². The van der Waals surface area contributed by atoms with E-state index >= 15 is 0 Å². The molecule has 214 valence electrons. The molecule has 0 radical (unpaired) electrons. The fraction of sp³-hybridized carbons (Fsp3) is 0.160. The molecule has 1 unspecified atom stereocenters. The first kappa shape index (κ1) is 27.7. The number of anilines is 2. The largest absolute Gasteiger partial charge is 0.417 e. The van der Waals surface area contributed by atoms with E-state index in [9.17, 15) is 39.9 Å². The van der Waals surface area contributed by atoms with Gasteiger partial charge in [-0.3, -0.25) is 15.2 Å². The average molecular weight is 584 g/mol. The number of nitrogens with two attached hydrogens (primary N) is 1. The molecule has 4 aromatic rings. The van der Waals surface area contributed by atoms with Gasteiger partial charge in [-0.15, -0.1) is 0 Å². The third-order valence-corrected chi connectivity index (χ3v) is 6.20. The molecule has 3 heterocycles. The van der Waals surface area contributed by atoms with Crippen molar-refractivity contribution in [1.82, 2.24) is 14.7 Å². The maximum atomic E-state index is 14.2. The smallest absolute Gasteiger partial charge is 0.369 e. The molecule has 1 aliphatic rings. The van der Waals surface area contributed by atoms with Gasteiger partial charge in [0.05, 0.1) is 23.1 Å². The third kappa shape index (κ3) is 5.31. The molecule has 1 amide bonds. The molecule has 3 N–H and O–H groups in total. The maximum absolute atomic E-state index is 14.2. The SMILES string of the molecule is NC(=O)C(Cn1cnc2c1C=CN(c1cccc(F)c1F)N2)c1cc(-c2ccc(C(F)(F)F)cc2C(F)(F)F)no1. The fourth-order valence-corrected chi connectivity index (χ4v) is 4.19. The lowest BCUT2D eigenvalue weighted by atomic mass is 9.99. The number of halogens is 8. The molecule has 16 heteroatoms. The molecule has 2 aromatic heterocycles. The van der Waals surface area contributed by atoms with Crippen LogP contribution in [0.25, 0.3) is 17.3 Å². The number of hydrogen-bond acceptors (Lipinski definition) is 6. The zero-order chi connectivity index (χ0) is 29.7. The highest BCUT2D eigenvalue weighted by Gasteiger charge is 2.39. The summed E-state index contributed by atoms with van der Waals surface area (Å²) in [5.41, 5.74) is 4.29. The van der Waals surface area contributed by atoms with Gasteiger partial charge in [-0.25, -0.2) is 13.8 Å². The van der Waals surface area contributed by atoms with Crippen LogP contribution in [0.15, 0.2) is 59.5 Å². The number of hydrazine groups is 1. The Labute approximate surface area is 224 Å². The van der Waals surface area contributed by atoms with Crippen molar-refractivity contribution in [2.45, 2.75) is 24.8 Å². The number of benzene rings is 2. The summed E-state index contributed by atoms with van der Waals surface area (Å²) in [7, 11) is 0. The van der Waals surface area contributed by atoms with Crippen LogP contribution in [0.1, 0.15) is 28.5 Å². The molecular weight excluding hydrogens is 568 g/mol. The van der Waals surface area contributed by atoms with Gasteiger partial charge in [-0.05, 0) is 30.3 Å². The number of carbonyl (C=O) groups excluding carboxylic acids is 1. The van der Waals surface area contributed by atoms with E-state index in [0.717, 1.165) is 12.1 Å². The maximum Gasteiger partial charge on any atom is 0.417 e. The predicted octanol–water partition coefficient (Wildman–Crippen LogP) is 5.94. The summed E-state index contributed by atoms with van der Waals surface area (Å²) in [5, 5.41) is 4.72. The second-order valence-corrected chi connectivity index (χ2v) is 8.83. The Morgan fingerprint density at radius 2 is 1.80 bits per heavy atom. The number of hydrogen-bond donors (Lipinski definition) is 2. The molecule has 0 spiro atoms. The predicted molar refractivity (Wildman–Crippen MR) is 128 cm³/mol. The molecule has 1 atom stereocenters. The van der Waals surface area contributed by atoms with Gasteiger partial charge in [0.2, 0.25) is 5.91 Å². The Morgan fingerprint density at radius 3 is 2.49 bits per heavy atom. The molecule has 2 aromatic carbocycles. The van der Waals surface area contributed by atoms with Crippen LogP contribution >= 0.6 is 0 Å². The molecule has 0 bridgehead atoms. The minimum atomic E-state index is -5.16. The lowest BCUT2D eigenvalue weighted by molar-refractivity contribution is -0.142. The zero-order valence-electron chi connectivity index (χ0n) is 20.3. The summed E-state index contributed by atoms with van der Waals surface area (Å²) in [6, 6.07) is 5.62. The van der Waals surface area contributed by atoms with Crippen LogP contribution in [0.4, 0.5) is 46.6 Å². The molecule has 0 fully saturated rings. The van der Waals surface area contributed by atoms with Crippen LogP contribution in [0.3, 0.4) is 0 Å². The molecule has 1 aliphatic heterocycles. The number of carbonyl (C=O) groups is 1. The Hall–Kier alpha value is -4.89. The number of rotatable bonds is 6. The number of alkyl halides is 6. The van der Waals surface area contributed by atoms with Gasteiger partial charge in [0.25, 0.3) is 0 Å². The molecule has 5 rings (SSSR count). The van der Waals surface area contributed by atoms with Crippen molar-refractivity contribution in [3.8, 4) is 11.3 Å². The second-order valence-electron chi connectivity index (χ2n) is 8.83. The minimum Gasteiger partial charge on any atom is -0.369 e. The van der Waals surface area contributed by atoms with E-state index in [1.807, 2.05) is 0 Å². The second kappa shape index (κ2) is 9.94. The Kier molecular flexibility index (Phi) is 6.71. The monoisotopic (exact) mass is 584 g/mol. The summed E-state index contributed by atoms with van der Waals surface area (Å²) in [4.78, 5) is 16.4. The quantitative estimate of drug-likeness (QED) is 0.272. The van der Waals surface area contributed by atoms with E-state index in [-0.39, 0.29) is 29.9 Å². The lowest BCUT2D eigenvalue weighted by Crippen LogP contribution is -2.29. The van der Waals surface area contributed by atoms with Crippen molar-refractivity contribution in [2.75, 3.05) is 10.4 Å². The number of nitrogens with one attached hydrogen (secondary N) is 1. The van der Waals surface area contributed by atoms with Crippen molar-refractivity contribution in [2.24, 2.45) is 5.73 Å². The van der Waals surface area contributed by atoms with Crippen LogP contribution in [0.2, 0.25) is 0 Å². The minimum absolute atomic E-state index is 0.0364. The van der Waals surface area contributed by atoms with Gasteiger partial charge >= 0.3 is 12.4 Å². The highest BCUT2D eigenvalue weighted by molar-refractivity contribution is 5.82. The van der Waals surface area contributed by atoms with Gasteiger partial charge in [0, 0.05) is 24.4 Å². The number of primary amides is 1. The van der Waals surface area contributed by atoms with Crippen molar-refractivity contribution < 1.29 is 44.4 Å². The van der Waals surface area contributed by atoms with Gasteiger partial charge in [-0.1, -0.05) is 17.3 Å². The summed E-state index contributed by atoms with van der Waals surface area (Å²) >= 11 is 0. The number of amides is 1. The third-order valence-electron chi connectivity index (χ3n) is 6.20. The van der Waals surface area contributed by atoms with Gasteiger partial charge in [0.15, 0.2) is 23.2 Å². The van der Waals surface area contributed by atoms with Crippen LogP contribution in [-0.2, 0) is 23.7 Å². The van der Waals surface area contributed by atoms with Gasteiger partial charge in [0.1, 0.15) is 17.3 Å². The van der Waals surface area contributed by atoms with Gasteiger partial charge in [-0.2, -0.15) is 26.3 Å². The van der Waals surface area contributed by atoms with Crippen molar-refractivity contribution in [3.63, 3.8) is 0 Å². The van der Waals surface area contributed by atoms with E-state index in [2.05, 4.69) is 15.6 Å². The molecule has 41 heavy (non-hydrogen) atoms. The number of imidazole rings is 1. The van der Waals surface area contributed by atoms with E-state index in [1.165, 1.54) is 40.3 Å².